The Balaban J connectivity index is 0. The molecule has 0 rings (SSSR count). The largest absolute Gasteiger partial charge is 0.443 e. The van der Waals surface area contributed by atoms with E-state index in [0.29, 0.717) is 0 Å². The Morgan fingerprint density at radius 3 is 2.13 bits per heavy atom. The van der Waals surface area contributed by atoms with E-state index in [1.54, 1.807) is 20.8 Å². The number of aliphatic hydroxyl groups excluding tert-OH is 1. The quantitative estimate of drug-likeness (QED) is 0.354. The van der Waals surface area contributed by atoms with Crippen LogP contribution in [-0.4, -0.2) is 23.4 Å². The zero-order valence-corrected chi connectivity index (χ0v) is 9.50. The average Bonchev–Trinajstić information content (AvgIpc) is 2.15. The van der Waals surface area contributed by atoms with E-state index in [1.165, 1.54) is 13.0 Å². The Morgan fingerprint density at radius 1 is 1.60 bits per heavy atom. The van der Waals surface area contributed by atoms with Crippen molar-refractivity contribution in [1.82, 2.24) is 5.43 Å². The minimum atomic E-state index is -0.609. The lowest BCUT2D eigenvalue weighted by molar-refractivity contribution is 0.0527. The predicted octanol–water partition coefficient (Wildman–Crippen LogP) is 1.24. The molecule has 0 saturated heterocycles. The van der Waals surface area contributed by atoms with Gasteiger partial charge in [-0.25, -0.2) is 15.0 Å². The van der Waals surface area contributed by atoms with Crippen molar-refractivity contribution < 1.29 is 19.0 Å². The third-order valence-corrected chi connectivity index (χ3v) is 0.981. The predicted molar refractivity (Wildman–Crippen MR) is 55.5 cm³/mol. The van der Waals surface area contributed by atoms with Gasteiger partial charge in [-0.2, -0.15) is 0 Å². The van der Waals surface area contributed by atoms with E-state index >= 15 is 0 Å². The number of allylic oxidation sites excluding steroid dienone is 1. The number of amides is 1. The number of hydrazine groups is 1. The van der Waals surface area contributed by atoms with Crippen LogP contribution >= 0.6 is 0 Å². The van der Waals surface area contributed by atoms with E-state index in [1.807, 2.05) is 5.43 Å². The molecule has 0 spiro atoms. The molecule has 0 radical (unpaired) electrons. The number of halogens is 1. The maximum Gasteiger partial charge on any atom is 0.421 e. The fourth-order valence-corrected chi connectivity index (χ4v) is 0.399. The lowest BCUT2D eigenvalue weighted by atomic mass is 10.2. The van der Waals surface area contributed by atoms with Gasteiger partial charge in [0.05, 0.1) is 6.61 Å². The van der Waals surface area contributed by atoms with Crippen LogP contribution in [0.25, 0.3) is 0 Å². The van der Waals surface area contributed by atoms with Crippen LogP contribution in [0.2, 0.25) is 0 Å². The van der Waals surface area contributed by atoms with Crippen molar-refractivity contribution in [1.29, 1.82) is 0 Å². The molecule has 0 saturated carbocycles. The number of hydrogen-bond acceptors (Lipinski definition) is 4. The highest BCUT2D eigenvalue weighted by Gasteiger charge is 2.14. The summed E-state index contributed by atoms with van der Waals surface area (Å²) in [5.41, 5.74) is 1.39. The van der Waals surface area contributed by atoms with E-state index in [-0.39, 0.29) is 0 Å². The Kier molecular flexibility index (Phi) is 8.90. The van der Waals surface area contributed by atoms with E-state index < -0.39 is 24.1 Å². The van der Waals surface area contributed by atoms with Gasteiger partial charge in [0, 0.05) is 0 Å². The summed E-state index contributed by atoms with van der Waals surface area (Å²) in [4.78, 5) is 10.4. The zero-order valence-electron chi connectivity index (χ0n) is 9.50. The van der Waals surface area contributed by atoms with E-state index in [4.69, 9.17) is 15.7 Å². The summed E-state index contributed by atoms with van der Waals surface area (Å²) >= 11 is 0. The molecule has 0 bridgehead atoms. The molecule has 1 amide bonds. The molecule has 0 aromatic rings. The number of hydrogen-bond donors (Lipinski definition) is 3. The number of aliphatic hydroxyl groups is 1. The number of nitrogens with one attached hydrogen (secondary N) is 1. The second-order valence-corrected chi connectivity index (χ2v) is 3.54. The Labute approximate surface area is 89.1 Å². The first-order valence-corrected chi connectivity index (χ1v) is 4.38. The van der Waals surface area contributed by atoms with Gasteiger partial charge in [-0.1, -0.05) is 6.08 Å². The number of ether oxygens (including phenoxy) is 1. The maximum absolute atomic E-state index is 11.5. The summed E-state index contributed by atoms with van der Waals surface area (Å²) in [6, 6.07) is 0. The number of nitrogens with two attached hydrogens (primary N) is 1. The third kappa shape index (κ3) is 15.6. The first kappa shape index (κ1) is 16.3. The Morgan fingerprint density at radius 2 is 2.07 bits per heavy atom. The molecule has 0 aliphatic heterocycles. The second kappa shape index (κ2) is 8.19. The van der Waals surface area contributed by atoms with E-state index in [9.17, 15) is 9.18 Å². The third-order valence-electron chi connectivity index (χ3n) is 0.981. The van der Waals surface area contributed by atoms with Crippen molar-refractivity contribution in [3.05, 3.63) is 11.9 Å². The van der Waals surface area contributed by atoms with Crippen LogP contribution < -0.4 is 11.3 Å². The molecule has 0 aromatic heterocycles. The van der Waals surface area contributed by atoms with Crippen molar-refractivity contribution >= 4 is 6.09 Å². The van der Waals surface area contributed by atoms with Crippen molar-refractivity contribution in [2.45, 2.75) is 33.3 Å². The van der Waals surface area contributed by atoms with Crippen molar-refractivity contribution in [2.24, 2.45) is 5.84 Å². The molecule has 0 fully saturated rings. The summed E-state index contributed by atoms with van der Waals surface area (Å²) in [6.07, 6.45) is 0.613. The van der Waals surface area contributed by atoms with Crippen LogP contribution in [0.5, 0.6) is 0 Å². The average molecular weight is 222 g/mol. The summed E-state index contributed by atoms with van der Waals surface area (Å²) in [6.45, 7) is 6.36. The van der Waals surface area contributed by atoms with Gasteiger partial charge in [0.2, 0.25) is 0 Å². The van der Waals surface area contributed by atoms with E-state index in [0.717, 1.165) is 0 Å². The molecular formula is C9H19FN2O3. The lowest BCUT2D eigenvalue weighted by Gasteiger charge is -2.18. The molecule has 4 N–H and O–H groups in total. The number of carbonyl (C=O) groups is 1. The highest BCUT2D eigenvalue weighted by Crippen LogP contribution is 2.05. The van der Waals surface area contributed by atoms with Gasteiger partial charge in [-0.05, 0) is 27.7 Å². The fraction of sp³-hybridized carbons (Fsp3) is 0.667. The summed E-state index contributed by atoms with van der Waals surface area (Å²) in [5.74, 6) is 4.28. The van der Waals surface area contributed by atoms with Gasteiger partial charge in [0.1, 0.15) is 11.4 Å². The van der Waals surface area contributed by atoms with Crippen LogP contribution in [0.3, 0.4) is 0 Å². The van der Waals surface area contributed by atoms with Gasteiger partial charge < -0.3 is 9.84 Å². The lowest BCUT2D eigenvalue weighted by Crippen LogP contribution is -2.36. The standard InChI is InChI=1S/C5H12N2O2.C4H7FO/c1-5(2,3)9-4(8)7-6;1-2-4(5)3-6/h6H2,1-3H3,(H,7,8);2,6H,3H2,1H3/b;4-2+. The molecule has 15 heavy (non-hydrogen) atoms. The molecule has 0 heterocycles. The first-order chi connectivity index (χ1) is 6.76. The fourth-order valence-electron chi connectivity index (χ4n) is 0.399. The smallest absolute Gasteiger partial charge is 0.421 e. The molecule has 0 atom stereocenters. The minimum absolute atomic E-state index is 0.469. The number of rotatable bonds is 1. The van der Waals surface area contributed by atoms with Crippen molar-refractivity contribution in [2.75, 3.05) is 6.61 Å². The van der Waals surface area contributed by atoms with Crippen LogP contribution in [0.15, 0.2) is 11.9 Å². The topological polar surface area (TPSA) is 84.6 Å². The van der Waals surface area contributed by atoms with Crippen LogP contribution in [0.1, 0.15) is 27.7 Å². The molecule has 0 aliphatic carbocycles. The van der Waals surface area contributed by atoms with Crippen LogP contribution in [-0.2, 0) is 4.74 Å². The molecule has 0 unspecified atom stereocenters. The molecule has 5 nitrogen and oxygen atoms in total. The molecule has 0 aromatic carbocycles. The highest BCUT2D eigenvalue weighted by molar-refractivity contribution is 5.66. The molecule has 6 heteroatoms. The highest BCUT2D eigenvalue weighted by atomic mass is 19.1. The van der Waals surface area contributed by atoms with Gasteiger partial charge >= 0.3 is 6.09 Å². The van der Waals surface area contributed by atoms with Gasteiger partial charge in [-0.15, -0.1) is 0 Å². The van der Waals surface area contributed by atoms with Gasteiger partial charge in [0.25, 0.3) is 0 Å². The van der Waals surface area contributed by atoms with Crippen LogP contribution in [0, 0.1) is 0 Å². The van der Waals surface area contributed by atoms with Gasteiger partial charge in [-0.3, -0.25) is 5.43 Å². The second-order valence-electron chi connectivity index (χ2n) is 3.54. The van der Waals surface area contributed by atoms with Gasteiger partial charge in [0.15, 0.2) is 0 Å². The first-order valence-electron chi connectivity index (χ1n) is 4.38. The molecular weight excluding hydrogens is 203 g/mol. The Bertz CT molecular complexity index is 212. The van der Waals surface area contributed by atoms with Crippen molar-refractivity contribution in [3.8, 4) is 0 Å². The van der Waals surface area contributed by atoms with Crippen molar-refractivity contribution in [3.63, 3.8) is 0 Å². The maximum atomic E-state index is 11.5. The summed E-state index contributed by atoms with van der Waals surface area (Å²) in [5, 5.41) is 7.89. The molecule has 90 valence electrons. The summed E-state index contributed by atoms with van der Waals surface area (Å²) in [7, 11) is 0. The Hall–Kier alpha value is -1.14. The van der Waals surface area contributed by atoms with Crippen LogP contribution in [0.4, 0.5) is 9.18 Å². The number of carbonyl (C=O) groups excluding carboxylic acids is 1. The molecule has 0 aliphatic rings. The summed E-state index contributed by atoms with van der Waals surface area (Å²) < 4.78 is 16.2. The van der Waals surface area contributed by atoms with E-state index in [2.05, 4.69) is 0 Å². The monoisotopic (exact) mass is 222 g/mol. The zero-order chi connectivity index (χ0) is 12.5. The minimum Gasteiger partial charge on any atom is -0.443 e. The normalized spacial score (nSPS) is 11.3. The SMILES string of the molecule is C/C=C(/F)CO.CC(C)(C)OC(=O)NN.